The zero-order valence-electron chi connectivity index (χ0n) is 21.8. The summed E-state index contributed by atoms with van der Waals surface area (Å²) in [5.41, 5.74) is 9.05. The smallest absolute Gasteiger partial charge is 0.427 e. The molecule has 0 spiro atoms. The first-order chi connectivity index (χ1) is 16.3. The van der Waals surface area contributed by atoms with Crippen molar-refractivity contribution < 1.29 is 28.3 Å². The molecule has 0 bridgehead atoms. The van der Waals surface area contributed by atoms with Crippen LogP contribution in [0, 0.1) is 0 Å². The third-order valence-electron chi connectivity index (χ3n) is 5.62. The van der Waals surface area contributed by atoms with Crippen LogP contribution < -0.4 is 14.6 Å². The summed E-state index contributed by atoms with van der Waals surface area (Å²) in [5.74, 6) is 0.442. The molecule has 0 atom stereocenters. The van der Waals surface area contributed by atoms with Gasteiger partial charge >= 0.3 is 21.9 Å². The van der Waals surface area contributed by atoms with Crippen LogP contribution in [0.1, 0.15) is 76.6 Å². The summed E-state index contributed by atoms with van der Waals surface area (Å²) in [4.78, 5) is 22.6. The minimum absolute atomic E-state index is 0.0986. The molecule has 0 aromatic heterocycles. The second-order valence-electron chi connectivity index (χ2n) is 10.6. The van der Waals surface area contributed by atoms with Crippen molar-refractivity contribution >= 4 is 21.9 Å². The number of hydrogen-bond donors (Lipinski definition) is 2. The van der Waals surface area contributed by atoms with Gasteiger partial charge in [-0.3, -0.25) is 15.3 Å². The zero-order chi connectivity index (χ0) is 26.2. The molecule has 2 aromatic carbocycles. The Morgan fingerprint density at radius 3 is 1.69 bits per heavy atom. The number of carbonyl (C=O) groups is 2. The molecule has 0 radical (unpaired) electrons. The average Bonchev–Trinajstić information content (AvgIpc) is 2.76. The van der Waals surface area contributed by atoms with Gasteiger partial charge in [0.2, 0.25) is 0 Å². The fraction of sp³-hybridized carbons (Fsp3) is 0.481. The van der Waals surface area contributed by atoms with E-state index in [4.69, 9.17) is 24.4 Å². The number of rotatable bonds is 11. The second kappa shape index (κ2) is 12.2. The molecule has 0 aliphatic heterocycles. The first-order valence-electron chi connectivity index (χ1n) is 11.9. The topological polar surface area (TPSA) is 108 Å². The Bertz CT molecular complexity index is 1020. The molecule has 0 aliphatic carbocycles. The van der Waals surface area contributed by atoms with E-state index in [0.29, 0.717) is 12.8 Å². The van der Waals surface area contributed by atoms with Crippen LogP contribution in [0.25, 0.3) is 0 Å². The third kappa shape index (κ3) is 9.03. The highest BCUT2D eigenvalue weighted by Gasteiger charge is 2.22. The molecule has 0 fully saturated rings. The average molecular weight is 502 g/mol. The Morgan fingerprint density at radius 1 is 0.829 bits per heavy atom. The van der Waals surface area contributed by atoms with Crippen molar-refractivity contribution in [2.24, 2.45) is 5.73 Å². The van der Waals surface area contributed by atoms with Crippen molar-refractivity contribution in [3.05, 3.63) is 58.7 Å². The predicted molar refractivity (Wildman–Crippen MR) is 140 cm³/mol. The molecule has 0 aliphatic rings. The Kier molecular flexibility index (Phi) is 9.91. The van der Waals surface area contributed by atoms with E-state index >= 15 is 0 Å². The quantitative estimate of drug-likeness (QED) is 0.270. The molecule has 0 heterocycles. The normalized spacial score (nSPS) is 12.1. The molecule has 2 aromatic rings. The van der Waals surface area contributed by atoms with E-state index in [9.17, 15) is 9.59 Å². The number of nitrogens with two attached hydrogens (primary N) is 1. The molecule has 7 nitrogen and oxygen atoms in total. The Labute approximate surface area is 211 Å². The summed E-state index contributed by atoms with van der Waals surface area (Å²) >= 11 is 0. The van der Waals surface area contributed by atoms with Crippen molar-refractivity contribution in [3.8, 4) is 11.5 Å². The Morgan fingerprint density at radius 2 is 1.29 bits per heavy atom. The standard InChI is InChI=1S/C27H39NO6Si/c1-26(2,3)20-15-18(9-13-24(29)30)7-11-22(20)33-35-34-23-12-8-19(10-14-25(31)32-17-28)16-21(23)27(4,5)6/h7-8,11-12,15-16H,9-10,13-14,17,28,35H2,1-6H3,(H,29,30). The molecule has 0 saturated heterocycles. The van der Waals surface area contributed by atoms with E-state index in [-0.39, 0.29) is 36.4 Å². The number of esters is 1. The third-order valence-corrected chi connectivity index (χ3v) is 6.48. The molecule has 0 amide bonds. The maximum Gasteiger partial charge on any atom is 0.427 e. The number of ether oxygens (including phenoxy) is 1. The predicted octanol–water partition coefficient (Wildman–Crippen LogP) is 4.15. The van der Waals surface area contributed by atoms with E-state index < -0.39 is 16.0 Å². The van der Waals surface area contributed by atoms with Gasteiger partial charge in [0, 0.05) is 12.8 Å². The highest BCUT2D eigenvalue weighted by Crippen LogP contribution is 2.34. The van der Waals surface area contributed by atoms with Crippen molar-refractivity contribution in [1.29, 1.82) is 0 Å². The summed E-state index contributed by atoms with van der Waals surface area (Å²) in [6, 6.07) is 11.9. The second-order valence-corrected chi connectivity index (χ2v) is 11.5. The number of carbonyl (C=O) groups excluding carboxylic acids is 1. The number of aryl methyl sites for hydroxylation is 2. The monoisotopic (exact) mass is 501 g/mol. The van der Waals surface area contributed by atoms with Crippen molar-refractivity contribution in [3.63, 3.8) is 0 Å². The van der Waals surface area contributed by atoms with E-state index in [1.165, 1.54) is 0 Å². The van der Waals surface area contributed by atoms with Gasteiger partial charge in [0.1, 0.15) is 18.2 Å². The maximum absolute atomic E-state index is 11.7. The van der Waals surface area contributed by atoms with Crippen LogP contribution in [0.4, 0.5) is 0 Å². The number of aliphatic carboxylic acids is 1. The van der Waals surface area contributed by atoms with Gasteiger partial charge in [0.15, 0.2) is 0 Å². The molecule has 0 saturated carbocycles. The highest BCUT2D eigenvalue weighted by atomic mass is 28.3. The highest BCUT2D eigenvalue weighted by molar-refractivity contribution is 6.20. The number of hydrogen-bond acceptors (Lipinski definition) is 6. The molecular weight excluding hydrogens is 462 g/mol. The summed E-state index contributed by atoms with van der Waals surface area (Å²) in [7, 11) is -1.41. The Balaban J connectivity index is 2.15. The summed E-state index contributed by atoms with van der Waals surface area (Å²) in [5, 5.41) is 8.99. The van der Waals surface area contributed by atoms with E-state index in [1.54, 1.807) is 0 Å². The first-order valence-corrected chi connectivity index (χ1v) is 13.1. The minimum Gasteiger partial charge on any atom is -0.516 e. The summed E-state index contributed by atoms with van der Waals surface area (Å²) < 4.78 is 17.2. The molecule has 192 valence electrons. The van der Waals surface area contributed by atoms with Crippen LogP contribution in [0.5, 0.6) is 11.5 Å². The first kappa shape index (κ1) is 28.4. The molecule has 0 unspecified atom stereocenters. The molecule has 3 N–H and O–H groups in total. The Hall–Kier alpha value is -2.84. The van der Waals surface area contributed by atoms with Crippen LogP contribution in [0.15, 0.2) is 36.4 Å². The van der Waals surface area contributed by atoms with Gasteiger partial charge in [0.25, 0.3) is 0 Å². The zero-order valence-corrected chi connectivity index (χ0v) is 23.2. The van der Waals surface area contributed by atoms with Crippen molar-refractivity contribution in [1.82, 2.24) is 0 Å². The van der Waals surface area contributed by atoms with E-state index in [2.05, 4.69) is 47.6 Å². The van der Waals surface area contributed by atoms with Crippen LogP contribution in [0.3, 0.4) is 0 Å². The maximum atomic E-state index is 11.7. The summed E-state index contributed by atoms with van der Waals surface area (Å²) in [6.07, 6.45) is 1.43. The van der Waals surface area contributed by atoms with Gasteiger partial charge in [-0.1, -0.05) is 65.8 Å². The molecular formula is C27H39NO6Si. The van der Waals surface area contributed by atoms with Crippen LogP contribution in [-0.2, 0) is 38.0 Å². The fourth-order valence-corrected chi connectivity index (χ4v) is 4.52. The molecule has 35 heavy (non-hydrogen) atoms. The van der Waals surface area contributed by atoms with Crippen molar-refractivity contribution in [2.45, 2.75) is 78.1 Å². The lowest BCUT2D eigenvalue weighted by atomic mass is 9.85. The van der Waals surface area contributed by atoms with Gasteiger partial charge in [-0.15, -0.1) is 0 Å². The van der Waals surface area contributed by atoms with Gasteiger partial charge in [-0.25, -0.2) is 0 Å². The van der Waals surface area contributed by atoms with Gasteiger partial charge in [-0.2, -0.15) is 0 Å². The number of benzene rings is 2. The van der Waals surface area contributed by atoms with Crippen molar-refractivity contribution in [2.75, 3.05) is 6.73 Å². The lowest BCUT2D eigenvalue weighted by Gasteiger charge is -2.26. The lowest BCUT2D eigenvalue weighted by Crippen LogP contribution is -2.20. The van der Waals surface area contributed by atoms with Crippen LogP contribution >= 0.6 is 0 Å². The van der Waals surface area contributed by atoms with E-state index in [1.807, 2.05) is 30.3 Å². The SMILES string of the molecule is CC(C)(C)c1cc(CCC(=O)O)ccc1O[SiH2]Oc1ccc(CCC(=O)OCN)cc1C(C)(C)C. The lowest BCUT2D eigenvalue weighted by molar-refractivity contribution is -0.143. The van der Waals surface area contributed by atoms with Gasteiger partial charge in [0.05, 0.1) is 0 Å². The fourth-order valence-electron chi connectivity index (χ4n) is 3.71. The number of carboxylic acids is 1. The van der Waals surface area contributed by atoms with Crippen LogP contribution in [-0.4, -0.2) is 33.8 Å². The van der Waals surface area contributed by atoms with Gasteiger partial charge in [-0.05, 0) is 58.1 Å². The molecule has 2 rings (SSSR count). The molecule has 8 heteroatoms. The largest absolute Gasteiger partial charge is 0.516 e. The minimum atomic E-state index is -1.41. The number of carboxylic acid groups (broad SMARTS) is 1. The van der Waals surface area contributed by atoms with Gasteiger partial charge < -0.3 is 18.7 Å². The summed E-state index contributed by atoms with van der Waals surface area (Å²) in [6.45, 7) is 12.6. The van der Waals surface area contributed by atoms with Crippen LogP contribution in [0.2, 0.25) is 0 Å². The van der Waals surface area contributed by atoms with E-state index in [0.717, 1.165) is 33.8 Å².